The van der Waals surface area contributed by atoms with Gasteiger partial charge >= 0.3 is 0 Å². The van der Waals surface area contributed by atoms with E-state index in [0.29, 0.717) is 16.5 Å². The fraction of sp³-hybridized carbons (Fsp3) is 0.278. The van der Waals surface area contributed by atoms with Gasteiger partial charge < -0.3 is 10.3 Å². The van der Waals surface area contributed by atoms with E-state index in [4.69, 9.17) is 16.6 Å². The zero-order valence-electron chi connectivity index (χ0n) is 24.8. The molecule has 214 valence electrons. The van der Waals surface area contributed by atoms with Crippen molar-refractivity contribution in [2.24, 2.45) is 16.3 Å². The van der Waals surface area contributed by atoms with Crippen LogP contribution in [-0.4, -0.2) is 17.1 Å². The second-order valence-corrected chi connectivity index (χ2v) is 14.0. The second-order valence-electron chi connectivity index (χ2n) is 12.5. The number of nitrogens with one attached hydrogen (secondary N) is 2. The van der Waals surface area contributed by atoms with Crippen LogP contribution < -0.4 is 5.32 Å². The Bertz CT molecular complexity index is 1810. The SMILES string of the molecule is Cc1cc(C)c2[nH]c(-c3ccccc3)c(C=Nc3sc4c(c3C(=O)Nc3ccc(Cl)cc3)CC[C@H](C(C)(C)C)C4)c2c1. The minimum Gasteiger partial charge on any atom is -0.354 e. The van der Waals surface area contributed by atoms with Gasteiger partial charge in [0.25, 0.3) is 5.91 Å². The molecule has 0 saturated heterocycles. The highest BCUT2D eigenvalue weighted by atomic mass is 35.5. The molecule has 0 spiro atoms. The Morgan fingerprint density at radius 1 is 1.07 bits per heavy atom. The summed E-state index contributed by atoms with van der Waals surface area (Å²) in [5.41, 5.74) is 9.45. The monoisotopic (exact) mass is 593 g/mol. The van der Waals surface area contributed by atoms with Crippen LogP contribution in [0.3, 0.4) is 0 Å². The topological polar surface area (TPSA) is 57.2 Å². The number of hydrogen-bond acceptors (Lipinski definition) is 3. The number of amides is 1. The lowest BCUT2D eigenvalue weighted by molar-refractivity contribution is 0.102. The molecule has 2 heterocycles. The minimum atomic E-state index is -0.120. The average Bonchev–Trinajstić information content (AvgIpc) is 3.51. The van der Waals surface area contributed by atoms with Crippen LogP contribution in [0, 0.1) is 25.2 Å². The number of fused-ring (bicyclic) bond motifs is 2. The average molecular weight is 594 g/mol. The predicted molar refractivity (Wildman–Crippen MR) is 179 cm³/mol. The molecule has 2 aromatic heterocycles. The highest BCUT2D eigenvalue weighted by Crippen LogP contribution is 2.45. The zero-order valence-corrected chi connectivity index (χ0v) is 26.3. The van der Waals surface area contributed by atoms with E-state index in [1.54, 1.807) is 23.5 Å². The number of aromatic amines is 1. The summed E-state index contributed by atoms with van der Waals surface area (Å²) in [5, 5.41) is 5.64. The van der Waals surface area contributed by atoms with Crippen LogP contribution in [0.25, 0.3) is 22.2 Å². The maximum absolute atomic E-state index is 13.9. The highest BCUT2D eigenvalue weighted by molar-refractivity contribution is 7.16. The van der Waals surface area contributed by atoms with Gasteiger partial charge in [0.1, 0.15) is 5.00 Å². The molecule has 1 amide bonds. The molecule has 2 N–H and O–H groups in total. The van der Waals surface area contributed by atoms with Crippen LogP contribution in [-0.2, 0) is 12.8 Å². The molecule has 4 nitrogen and oxygen atoms in total. The van der Waals surface area contributed by atoms with Gasteiger partial charge in [-0.3, -0.25) is 4.79 Å². The minimum absolute atomic E-state index is 0.120. The number of aliphatic imine (C=N–C) groups is 1. The summed E-state index contributed by atoms with van der Waals surface area (Å²) in [6, 6.07) is 22.0. The van der Waals surface area contributed by atoms with Crippen LogP contribution in [0.5, 0.6) is 0 Å². The van der Waals surface area contributed by atoms with E-state index < -0.39 is 0 Å². The van der Waals surface area contributed by atoms with E-state index in [-0.39, 0.29) is 11.3 Å². The molecule has 0 radical (unpaired) electrons. The number of aryl methyl sites for hydroxylation is 2. The van der Waals surface area contributed by atoms with Crippen molar-refractivity contribution in [3.05, 3.63) is 104 Å². The lowest BCUT2D eigenvalue weighted by Gasteiger charge is -2.33. The first-order chi connectivity index (χ1) is 20.1. The van der Waals surface area contributed by atoms with Gasteiger partial charge in [-0.1, -0.05) is 74.3 Å². The van der Waals surface area contributed by atoms with E-state index in [1.165, 1.54) is 16.0 Å². The van der Waals surface area contributed by atoms with E-state index in [0.717, 1.165) is 63.2 Å². The van der Waals surface area contributed by atoms with Gasteiger partial charge in [-0.05, 0) is 91.5 Å². The summed E-state index contributed by atoms with van der Waals surface area (Å²) in [5.74, 6) is 0.446. The lowest BCUT2D eigenvalue weighted by atomic mass is 9.72. The number of halogens is 1. The number of carbonyl (C=O) groups excluding carboxylic acids is 1. The van der Waals surface area contributed by atoms with Gasteiger partial charge in [0.15, 0.2) is 0 Å². The molecular formula is C36H36ClN3OS. The molecule has 3 aromatic carbocycles. The number of nitrogens with zero attached hydrogens (tertiary/aromatic N) is 1. The lowest BCUT2D eigenvalue weighted by Crippen LogP contribution is -2.27. The molecule has 42 heavy (non-hydrogen) atoms. The molecule has 0 fully saturated rings. The summed E-state index contributed by atoms with van der Waals surface area (Å²) < 4.78 is 0. The standard InChI is InChI=1S/C36H36ClN3OS/c1-21-17-22(2)32-28(18-21)29(33(40-32)23-9-7-6-8-10-23)20-38-35-31(34(41)39-26-14-12-25(37)13-15-26)27-16-11-24(36(3,4)5)19-30(27)42-35/h6-10,12-15,17-18,20,24,40H,11,16,19H2,1-5H3,(H,39,41)/t24-/m0/s1. The zero-order chi connectivity index (χ0) is 29.6. The number of thiophene rings is 1. The third kappa shape index (κ3) is 5.56. The largest absolute Gasteiger partial charge is 0.354 e. The van der Waals surface area contributed by atoms with Gasteiger partial charge in [-0.2, -0.15) is 0 Å². The van der Waals surface area contributed by atoms with E-state index in [1.807, 2.05) is 24.4 Å². The fourth-order valence-electron chi connectivity index (χ4n) is 6.13. The van der Waals surface area contributed by atoms with Gasteiger partial charge in [-0.15, -0.1) is 11.3 Å². The van der Waals surface area contributed by atoms with Crippen molar-refractivity contribution < 1.29 is 4.79 Å². The molecular weight excluding hydrogens is 558 g/mol. The number of hydrogen-bond donors (Lipinski definition) is 2. The van der Waals surface area contributed by atoms with Gasteiger partial charge in [0, 0.05) is 38.3 Å². The van der Waals surface area contributed by atoms with Crippen molar-refractivity contribution in [3.8, 4) is 11.3 Å². The molecule has 1 aliphatic rings. The first-order valence-electron chi connectivity index (χ1n) is 14.5. The maximum atomic E-state index is 13.9. The quantitative estimate of drug-likeness (QED) is 0.196. The number of rotatable bonds is 5. The number of anilines is 1. The molecule has 1 aliphatic carbocycles. The van der Waals surface area contributed by atoms with Crippen molar-refractivity contribution in [1.82, 2.24) is 4.98 Å². The van der Waals surface area contributed by atoms with Crippen LogP contribution in [0.15, 0.2) is 71.7 Å². The Balaban J connectivity index is 1.47. The maximum Gasteiger partial charge on any atom is 0.259 e. The normalized spacial score (nSPS) is 15.3. The number of carbonyl (C=O) groups is 1. The molecule has 5 aromatic rings. The van der Waals surface area contributed by atoms with Gasteiger partial charge in [-0.25, -0.2) is 4.99 Å². The highest BCUT2D eigenvalue weighted by Gasteiger charge is 2.33. The van der Waals surface area contributed by atoms with Crippen molar-refractivity contribution in [1.29, 1.82) is 0 Å². The Labute approximate surface area is 256 Å². The van der Waals surface area contributed by atoms with Gasteiger partial charge in [0.05, 0.1) is 11.3 Å². The number of benzene rings is 3. The Morgan fingerprint density at radius 2 is 1.81 bits per heavy atom. The molecule has 0 bridgehead atoms. The Kier molecular flexibility index (Phi) is 7.59. The van der Waals surface area contributed by atoms with E-state index in [2.05, 4.69) is 81.3 Å². The smallest absolute Gasteiger partial charge is 0.259 e. The summed E-state index contributed by atoms with van der Waals surface area (Å²) in [4.78, 5) is 23.9. The molecule has 6 rings (SSSR count). The Hall–Kier alpha value is -3.67. The summed E-state index contributed by atoms with van der Waals surface area (Å²) in [7, 11) is 0. The van der Waals surface area contributed by atoms with Crippen molar-refractivity contribution in [2.75, 3.05) is 5.32 Å². The van der Waals surface area contributed by atoms with Crippen LogP contribution in [0.2, 0.25) is 5.02 Å². The summed E-state index contributed by atoms with van der Waals surface area (Å²) in [6.07, 6.45) is 4.88. The fourth-order valence-corrected chi connectivity index (χ4v) is 7.52. The van der Waals surface area contributed by atoms with Crippen LogP contribution in [0.4, 0.5) is 10.7 Å². The molecule has 0 saturated carbocycles. The predicted octanol–water partition coefficient (Wildman–Crippen LogP) is 10.3. The molecule has 0 aliphatic heterocycles. The number of H-pyrrole nitrogens is 1. The summed E-state index contributed by atoms with van der Waals surface area (Å²) >= 11 is 7.76. The third-order valence-corrected chi connectivity index (χ3v) is 9.88. The van der Waals surface area contributed by atoms with Crippen molar-refractivity contribution in [2.45, 2.75) is 53.9 Å². The van der Waals surface area contributed by atoms with Crippen LogP contribution >= 0.6 is 22.9 Å². The first-order valence-corrected chi connectivity index (χ1v) is 15.7. The molecule has 6 heteroatoms. The van der Waals surface area contributed by atoms with E-state index >= 15 is 0 Å². The Morgan fingerprint density at radius 3 is 2.52 bits per heavy atom. The summed E-state index contributed by atoms with van der Waals surface area (Å²) in [6.45, 7) is 11.2. The van der Waals surface area contributed by atoms with E-state index in [9.17, 15) is 4.79 Å². The molecule has 1 atom stereocenters. The third-order valence-electron chi connectivity index (χ3n) is 8.46. The van der Waals surface area contributed by atoms with Gasteiger partial charge in [0.2, 0.25) is 0 Å². The first kappa shape index (κ1) is 28.4. The molecule has 0 unspecified atom stereocenters. The second kappa shape index (κ2) is 11.2. The number of aromatic nitrogens is 1. The van der Waals surface area contributed by atoms with Crippen LogP contribution in [0.1, 0.15) is 64.7 Å². The van der Waals surface area contributed by atoms with Crippen molar-refractivity contribution in [3.63, 3.8) is 0 Å². The van der Waals surface area contributed by atoms with Crippen molar-refractivity contribution >= 4 is 56.7 Å².